The summed E-state index contributed by atoms with van der Waals surface area (Å²) in [5, 5.41) is 12.3. The van der Waals surface area contributed by atoms with Crippen molar-refractivity contribution < 1.29 is 9.15 Å². The van der Waals surface area contributed by atoms with Crippen LogP contribution in [-0.4, -0.2) is 21.4 Å². The molecule has 1 N–H and O–H groups in total. The summed E-state index contributed by atoms with van der Waals surface area (Å²) in [5.74, 6) is 1.12. The van der Waals surface area contributed by atoms with Crippen molar-refractivity contribution in [3.8, 4) is 17.1 Å². The van der Waals surface area contributed by atoms with Crippen LogP contribution in [0.1, 0.15) is 12.0 Å². The third kappa shape index (κ3) is 2.76. The van der Waals surface area contributed by atoms with Gasteiger partial charge >= 0.3 is 0 Å². The number of benzene rings is 1. The Hall–Kier alpha value is -1.81. The lowest BCUT2D eigenvalue weighted by Gasteiger charge is -2.16. The third-order valence-electron chi connectivity index (χ3n) is 3.37. The highest BCUT2D eigenvalue weighted by Crippen LogP contribution is 2.39. The third-order valence-corrected chi connectivity index (χ3v) is 4.49. The van der Waals surface area contributed by atoms with Gasteiger partial charge in [-0.15, -0.1) is 10.2 Å². The van der Waals surface area contributed by atoms with Crippen LogP contribution in [0.25, 0.3) is 11.3 Å². The van der Waals surface area contributed by atoms with Gasteiger partial charge in [-0.25, -0.2) is 0 Å². The molecule has 0 saturated carbocycles. The van der Waals surface area contributed by atoms with E-state index >= 15 is 0 Å². The number of furan rings is 1. The molecular weight excluding hydrogens is 427 g/mol. The first-order chi connectivity index (χ1) is 11.2. The van der Waals surface area contributed by atoms with Gasteiger partial charge < -0.3 is 14.5 Å². The summed E-state index contributed by atoms with van der Waals surface area (Å²) in [6, 6.07) is 11.6. The predicted octanol–water partition coefficient (Wildman–Crippen LogP) is 3.96. The molecule has 6 nitrogen and oxygen atoms in total. The molecule has 1 atom stereocenters. The molecule has 1 aliphatic heterocycles. The average Bonchev–Trinajstić information content (AvgIpc) is 2.93. The van der Waals surface area contributed by atoms with Crippen LogP contribution in [0.2, 0.25) is 0 Å². The first-order valence-electron chi connectivity index (χ1n) is 6.81. The van der Waals surface area contributed by atoms with Gasteiger partial charge in [0, 0.05) is 11.3 Å². The molecule has 0 fully saturated rings. The Morgan fingerprint density at radius 3 is 2.83 bits per heavy atom. The van der Waals surface area contributed by atoms with Gasteiger partial charge in [0.1, 0.15) is 0 Å². The molecule has 0 radical (unpaired) electrons. The Kier molecular flexibility index (Phi) is 3.85. The van der Waals surface area contributed by atoms with E-state index in [1.165, 1.54) is 11.8 Å². The Morgan fingerprint density at radius 1 is 1.17 bits per heavy atom. The van der Waals surface area contributed by atoms with Crippen LogP contribution in [0.5, 0.6) is 5.88 Å². The van der Waals surface area contributed by atoms with Crippen LogP contribution in [-0.2, 0) is 0 Å². The first-order valence-corrected chi connectivity index (χ1v) is 9.11. The molecule has 1 unspecified atom stereocenters. The zero-order chi connectivity index (χ0) is 15.8. The minimum Gasteiger partial charge on any atom is -0.449 e. The smallest absolute Gasteiger partial charge is 0.247 e. The van der Waals surface area contributed by atoms with E-state index in [2.05, 4.69) is 43.1 Å². The quantitative estimate of drug-likeness (QED) is 0.480. The Labute approximate surface area is 150 Å². The standard InChI is InChI=1S/C15H11IN4O2S/c1-23-15-18-14-12(19-20-15)8-4-2-3-5-9(8)17-13(22-14)10-6-7-11(16)21-10/h2-7,13,17H,1H3. The summed E-state index contributed by atoms with van der Waals surface area (Å²) in [4.78, 5) is 4.46. The highest BCUT2D eigenvalue weighted by molar-refractivity contribution is 14.1. The van der Waals surface area contributed by atoms with Crippen molar-refractivity contribution in [2.24, 2.45) is 0 Å². The second-order valence-electron chi connectivity index (χ2n) is 4.78. The second-order valence-corrected chi connectivity index (χ2v) is 6.62. The fraction of sp³-hybridized carbons (Fsp3) is 0.133. The monoisotopic (exact) mass is 438 g/mol. The van der Waals surface area contributed by atoms with Gasteiger partial charge in [-0.2, -0.15) is 4.98 Å². The molecule has 116 valence electrons. The van der Waals surface area contributed by atoms with Crippen LogP contribution in [0.15, 0.2) is 46.0 Å². The molecule has 0 saturated heterocycles. The van der Waals surface area contributed by atoms with E-state index in [1.54, 1.807) is 0 Å². The number of nitrogens with one attached hydrogen (secondary N) is 1. The highest BCUT2D eigenvalue weighted by Gasteiger charge is 2.27. The number of nitrogens with zero attached hydrogens (tertiary/aromatic N) is 3. The van der Waals surface area contributed by atoms with Crippen molar-refractivity contribution in [1.82, 2.24) is 15.2 Å². The van der Waals surface area contributed by atoms with E-state index in [1.807, 2.05) is 42.7 Å². The van der Waals surface area contributed by atoms with Gasteiger partial charge in [0.05, 0.1) is 0 Å². The zero-order valence-corrected chi connectivity index (χ0v) is 15.0. The maximum Gasteiger partial charge on any atom is 0.247 e. The number of hydrogen-bond donors (Lipinski definition) is 1. The predicted molar refractivity (Wildman–Crippen MR) is 95.5 cm³/mol. The Bertz CT molecular complexity index is 870. The average molecular weight is 438 g/mol. The number of anilines is 1. The molecule has 1 aromatic carbocycles. The number of fused-ring (bicyclic) bond motifs is 3. The molecule has 8 heteroatoms. The minimum atomic E-state index is -0.479. The van der Waals surface area contributed by atoms with Crippen molar-refractivity contribution in [1.29, 1.82) is 0 Å². The van der Waals surface area contributed by atoms with Crippen LogP contribution >= 0.6 is 34.4 Å². The summed E-state index contributed by atoms with van der Waals surface area (Å²) < 4.78 is 12.5. The first kappa shape index (κ1) is 14.8. The normalized spacial score (nSPS) is 15.8. The Balaban J connectivity index is 1.87. The number of rotatable bonds is 2. The maximum absolute atomic E-state index is 6.05. The SMILES string of the molecule is CSc1nnc2c(n1)OC(c1ccc(I)o1)Nc1ccccc1-2. The van der Waals surface area contributed by atoms with Crippen LogP contribution in [0, 0.1) is 3.77 Å². The van der Waals surface area contributed by atoms with E-state index in [0.29, 0.717) is 22.5 Å². The fourth-order valence-corrected chi connectivity index (χ4v) is 3.06. The number of thioether (sulfide) groups is 1. The maximum atomic E-state index is 6.05. The Morgan fingerprint density at radius 2 is 2.04 bits per heavy atom. The summed E-state index contributed by atoms with van der Waals surface area (Å²) in [6.07, 6.45) is 1.42. The fourth-order valence-electron chi connectivity index (χ4n) is 2.33. The molecule has 4 rings (SSSR count). The molecule has 0 amide bonds. The van der Waals surface area contributed by atoms with E-state index in [4.69, 9.17) is 9.15 Å². The van der Waals surface area contributed by atoms with E-state index < -0.39 is 6.23 Å². The summed E-state index contributed by atoms with van der Waals surface area (Å²) in [7, 11) is 0. The lowest BCUT2D eigenvalue weighted by molar-refractivity contribution is 0.193. The zero-order valence-electron chi connectivity index (χ0n) is 12.0. The molecule has 2 aromatic heterocycles. The lowest BCUT2D eigenvalue weighted by atomic mass is 10.1. The number of para-hydroxylation sites is 1. The van der Waals surface area contributed by atoms with Gasteiger partial charge in [-0.3, -0.25) is 0 Å². The van der Waals surface area contributed by atoms with Crippen molar-refractivity contribution in [3.05, 3.63) is 45.9 Å². The van der Waals surface area contributed by atoms with Crippen molar-refractivity contribution in [2.75, 3.05) is 11.6 Å². The van der Waals surface area contributed by atoms with E-state index in [-0.39, 0.29) is 0 Å². The molecule has 0 spiro atoms. The van der Waals surface area contributed by atoms with Crippen LogP contribution in [0.4, 0.5) is 5.69 Å². The van der Waals surface area contributed by atoms with Crippen molar-refractivity contribution >= 4 is 40.0 Å². The van der Waals surface area contributed by atoms with Crippen molar-refractivity contribution in [2.45, 2.75) is 11.4 Å². The summed E-state index contributed by atoms with van der Waals surface area (Å²) in [6.45, 7) is 0. The largest absolute Gasteiger partial charge is 0.449 e. The van der Waals surface area contributed by atoms with E-state index in [0.717, 1.165) is 15.0 Å². The molecular formula is C15H11IN4O2S. The van der Waals surface area contributed by atoms with Gasteiger partial charge in [0.2, 0.25) is 17.3 Å². The molecule has 23 heavy (non-hydrogen) atoms. The summed E-state index contributed by atoms with van der Waals surface area (Å²) >= 11 is 3.55. The molecule has 3 aromatic rings. The van der Waals surface area contributed by atoms with Gasteiger partial charge in [0.15, 0.2) is 15.2 Å². The molecule has 0 bridgehead atoms. The van der Waals surface area contributed by atoms with Gasteiger partial charge in [-0.05, 0) is 47.0 Å². The molecule has 1 aliphatic rings. The molecule has 3 heterocycles. The van der Waals surface area contributed by atoms with Gasteiger partial charge in [-0.1, -0.05) is 30.0 Å². The number of hydrogen-bond acceptors (Lipinski definition) is 7. The topological polar surface area (TPSA) is 73.1 Å². The lowest BCUT2D eigenvalue weighted by Crippen LogP contribution is -2.16. The van der Waals surface area contributed by atoms with Crippen molar-refractivity contribution in [3.63, 3.8) is 0 Å². The molecule has 0 aliphatic carbocycles. The minimum absolute atomic E-state index is 0.443. The second kappa shape index (κ2) is 6.00. The number of ether oxygens (including phenoxy) is 1. The number of halogens is 1. The van der Waals surface area contributed by atoms with E-state index in [9.17, 15) is 0 Å². The van der Waals surface area contributed by atoms with Crippen LogP contribution < -0.4 is 10.1 Å². The highest BCUT2D eigenvalue weighted by atomic mass is 127. The van der Waals surface area contributed by atoms with Crippen LogP contribution in [0.3, 0.4) is 0 Å². The summed E-state index contributed by atoms with van der Waals surface area (Å²) in [5.41, 5.74) is 2.42. The van der Waals surface area contributed by atoms with Gasteiger partial charge in [0.25, 0.3) is 0 Å². The number of aromatic nitrogens is 3.